The van der Waals surface area contributed by atoms with Crippen LogP contribution >= 0.6 is 15.9 Å². The number of hydrogen-bond donors (Lipinski definition) is 1. The van der Waals surface area contributed by atoms with Gasteiger partial charge >= 0.3 is 5.97 Å². The van der Waals surface area contributed by atoms with Crippen LogP contribution in [-0.2, 0) is 4.79 Å². The first-order valence-electron chi connectivity index (χ1n) is 6.18. The second kappa shape index (κ2) is 5.31. The number of halogens is 1. The Kier molecular flexibility index (Phi) is 3.95. The molecule has 18 heavy (non-hydrogen) atoms. The third-order valence-electron chi connectivity index (χ3n) is 3.47. The molecule has 0 aliphatic heterocycles. The van der Waals surface area contributed by atoms with Crippen LogP contribution in [0.1, 0.15) is 30.7 Å². The average molecular weight is 312 g/mol. The zero-order chi connectivity index (χ0) is 13.3. The Labute approximate surface area is 116 Å². The molecule has 4 heteroatoms. The van der Waals surface area contributed by atoms with Crippen LogP contribution in [-0.4, -0.2) is 25.2 Å². The summed E-state index contributed by atoms with van der Waals surface area (Å²) in [6.45, 7) is 0. The van der Waals surface area contributed by atoms with Crippen molar-refractivity contribution in [2.24, 2.45) is 5.92 Å². The van der Waals surface area contributed by atoms with E-state index in [4.69, 9.17) is 5.11 Å². The normalized spacial score (nSPS) is 16.4. The Bertz CT molecular complexity index is 455. The van der Waals surface area contributed by atoms with Gasteiger partial charge in [-0.2, -0.15) is 0 Å². The van der Waals surface area contributed by atoms with E-state index in [-0.39, 0.29) is 12.3 Å². The van der Waals surface area contributed by atoms with Crippen molar-refractivity contribution < 1.29 is 9.90 Å². The predicted octanol–water partition coefficient (Wildman–Crippen LogP) is 3.48. The number of nitrogens with zero attached hydrogens (tertiary/aromatic N) is 1. The zero-order valence-electron chi connectivity index (χ0n) is 10.7. The Morgan fingerprint density at radius 2 is 2.17 bits per heavy atom. The van der Waals surface area contributed by atoms with Crippen LogP contribution in [0.2, 0.25) is 0 Å². The van der Waals surface area contributed by atoms with Crippen molar-refractivity contribution >= 4 is 27.6 Å². The van der Waals surface area contributed by atoms with E-state index >= 15 is 0 Å². The van der Waals surface area contributed by atoms with Gasteiger partial charge in [0, 0.05) is 30.2 Å². The molecule has 1 aliphatic rings. The van der Waals surface area contributed by atoms with E-state index in [2.05, 4.69) is 26.9 Å². The molecule has 0 radical (unpaired) electrons. The molecule has 0 spiro atoms. The molecule has 1 atom stereocenters. The quantitative estimate of drug-likeness (QED) is 0.905. The lowest BCUT2D eigenvalue weighted by molar-refractivity contribution is -0.137. The molecule has 98 valence electrons. The fourth-order valence-electron chi connectivity index (χ4n) is 2.47. The molecule has 1 aromatic carbocycles. The van der Waals surface area contributed by atoms with Gasteiger partial charge in [-0.05, 0) is 36.5 Å². The van der Waals surface area contributed by atoms with Gasteiger partial charge in [0.05, 0.1) is 6.42 Å². The first-order chi connectivity index (χ1) is 8.50. The lowest BCUT2D eigenvalue weighted by atomic mass is 9.89. The maximum absolute atomic E-state index is 11.1. The van der Waals surface area contributed by atoms with Gasteiger partial charge in [0.25, 0.3) is 0 Å². The maximum Gasteiger partial charge on any atom is 0.303 e. The molecule has 0 saturated heterocycles. The number of benzene rings is 1. The number of carboxylic acid groups (broad SMARTS) is 1. The molecule has 1 fully saturated rings. The van der Waals surface area contributed by atoms with E-state index in [0.717, 1.165) is 28.6 Å². The van der Waals surface area contributed by atoms with E-state index in [1.165, 1.54) is 0 Å². The van der Waals surface area contributed by atoms with Gasteiger partial charge in [-0.15, -0.1) is 0 Å². The molecule has 0 amide bonds. The van der Waals surface area contributed by atoms with Gasteiger partial charge in [0.1, 0.15) is 0 Å². The summed E-state index contributed by atoms with van der Waals surface area (Å²) >= 11 is 3.58. The fraction of sp³-hybridized carbons (Fsp3) is 0.500. The maximum atomic E-state index is 11.1. The van der Waals surface area contributed by atoms with E-state index in [1.54, 1.807) is 0 Å². The van der Waals surface area contributed by atoms with E-state index in [1.807, 2.05) is 26.2 Å². The van der Waals surface area contributed by atoms with Crippen LogP contribution in [0.25, 0.3) is 0 Å². The Morgan fingerprint density at radius 1 is 1.50 bits per heavy atom. The Morgan fingerprint density at radius 3 is 2.67 bits per heavy atom. The minimum atomic E-state index is -0.715. The second-order valence-corrected chi connectivity index (χ2v) is 5.96. The molecule has 0 bridgehead atoms. The van der Waals surface area contributed by atoms with Crippen molar-refractivity contribution in [3.8, 4) is 0 Å². The molecular formula is C14H18BrNO2. The summed E-state index contributed by atoms with van der Waals surface area (Å²) in [4.78, 5) is 13.1. The lowest BCUT2D eigenvalue weighted by Crippen LogP contribution is -2.16. The number of rotatable bonds is 5. The average Bonchev–Trinajstić information content (AvgIpc) is 3.09. The van der Waals surface area contributed by atoms with E-state index in [9.17, 15) is 4.79 Å². The molecule has 1 saturated carbocycles. The summed E-state index contributed by atoms with van der Waals surface area (Å²) in [6, 6.07) is 6.05. The van der Waals surface area contributed by atoms with Crippen molar-refractivity contribution in [2.75, 3.05) is 19.0 Å². The van der Waals surface area contributed by atoms with Crippen molar-refractivity contribution in [3.63, 3.8) is 0 Å². The Hall–Kier alpha value is -1.03. The summed E-state index contributed by atoms with van der Waals surface area (Å²) in [5, 5.41) is 9.11. The lowest BCUT2D eigenvalue weighted by Gasteiger charge is -2.24. The highest BCUT2D eigenvalue weighted by Gasteiger charge is 2.36. The van der Waals surface area contributed by atoms with Crippen molar-refractivity contribution in [1.29, 1.82) is 0 Å². The number of carbonyl (C=O) groups is 1. The highest BCUT2D eigenvalue weighted by molar-refractivity contribution is 9.10. The fourth-order valence-corrected chi connectivity index (χ4v) is 3.12. The number of carboxylic acids is 1. The molecule has 1 unspecified atom stereocenters. The largest absolute Gasteiger partial charge is 0.481 e. The van der Waals surface area contributed by atoms with Crippen LogP contribution in [0.5, 0.6) is 0 Å². The summed E-state index contributed by atoms with van der Waals surface area (Å²) in [6.07, 6.45) is 2.51. The third kappa shape index (κ3) is 2.86. The van der Waals surface area contributed by atoms with Gasteiger partial charge in [0.15, 0.2) is 0 Å². The number of anilines is 1. The molecular weight excluding hydrogens is 294 g/mol. The van der Waals surface area contributed by atoms with Gasteiger partial charge in [-0.3, -0.25) is 4.79 Å². The molecule has 1 aromatic rings. The van der Waals surface area contributed by atoms with Gasteiger partial charge < -0.3 is 10.0 Å². The van der Waals surface area contributed by atoms with Gasteiger partial charge in [-0.1, -0.05) is 22.0 Å². The molecule has 2 rings (SSSR count). The van der Waals surface area contributed by atoms with Crippen molar-refractivity contribution in [1.82, 2.24) is 0 Å². The topological polar surface area (TPSA) is 40.5 Å². The number of hydrogen-bond acceptors (Lipinski definition) is 2. The highest BCUT2D eigenvalue weighted by atomic mass is 79.9. The highest BCUT2D eigenvalue weighted by Crippen LogP contribution is 2.48. The van der Waals surface area contributed by atoms with Gasteiger partial charge in [-0.25, -0.2) is 0 Å². The second-order valence-electron chi connectivity index (χ2n) is 5.11. The van der Waals surface area contributed by atoms with Crippen LogP contribution in [0.4, 0.5) is 5.69 Å². The standard InChI is InChI=1S/C14H18BrNO2/c1-16(2)12-5-3-4-11(15)14(12)10(8-13(17)18)9-6-7-9/h3-5,9-10H,6-8H2,1-2H3,(H,17,18). The molecule has 0 aromatic heterocycles. The van der Waals surface area contributed by atoms with Crippen LogP contribution in [0.3, 0.4) is 0 Å². The summed E-state index contributed by atoms with van der Waals surface area (Å²) in [5.74, 6) is -0.0682. The van der Waals surface area contributed by atoms with E-state index < -0.39 is 5.97 Å². The zero-order valence-corrected chi connectivity index (χ0v) is 12.3. The first kappa shape index (κ1) is 13.4. The SMILES string of the molecule is CN(C)c1cccc(Br)c1C(CC(=O)O)C1CC1. The predicted molar refractivity (Wildman–Crippen MR) is 76.2 cm³/mol. The van der Waals surface area contributed by atoms with Crippen LogP contribution in [0.15, 0.2) is 22.7 Å². The molecule has 0 heterocycles. The molecule has 3 nitrogen and oxygen atoms in total. The summed E-state index contributed by atoms with van der Waals surface area (Å²) < 4.78 is 1.02. The Balaban J connectivity index is 2.42. The summed E-state index contributed by atoms with van der Waals surface area (Å²) in [7, 11) is 3.99. The summed E-state index contributed by atoms with van der Waals surface area (Å²) in [5.41, 5.74) is 2.26. The van der Waals surface area contributed by atoms with Gasteiger partial charge in [0.2, 0.25) is 0 Å². The monoisotopic (exact) mass is 311 g/mol. The minimum Gasteiger partial charge on any atom is -0.481 e. The number of aliphatic carboxylic acids is 1. The van der Waals surface area contributed by atoms with Crippen molar-refractivity contribution in [2.45, 2.75) is 25.2 Å². The third-order valence-corrected chi connectivity index (χ3v) is 4.16. The smallest absolute Gasteiger partial charge is 0.303 e. The van der Waals surface area contributed by atoms with Crippen molar-refractivity contribution in [3.05, 3.63) is 28.2 Å². The first-order valence-corrected chi connectivity index (χ1v) is 6.97. The molecule has 1 aliphatic carbocycles. The minimum absolute atomic E-state index is 0.121. The molecule has 1 N–H and O–H groups in total. The van der Waals surface area contributed by atoms with E-state index in [0.29, 0.717) is 5.92 Å². The van der Waals surface area contributed by atoms with Crippen LogP contribution < -0.4 is 4.90 Å². The van der Waals surface area contributed by atoms with Crippen LogP contribution in [0, 0.1) is 5.92 Å².